The summed E-state index contributed by atoms with van der Waals surface area (Å²) >= 11 is 3.38. The molecule has 0 amide bonds. The van der Waals surface area contributed by atoms with Crippen molar-refractivity contribution in [1.82, 2.24) is 24.9 Å². The molecule has 0 aliphatic carbocycles. The molecule has 1 fully saturated rings. The van der Waals surface area contributed by atoms with Gasteiger partial charge in [-0.2, -0.15) is 0 Å². The first-order valence-corrected chi connectivity index (χ1v) is 9.06. The van der Waals surface area contributed by atoms with E-state index in [1.54, 1.807) is 0 Å². The Kier molecular flexibility index (Phi) is 4.61. The number of fused-ring (bicyclic) bond motifs is 1. The lowest BCUT2D eigenvalue weighted by molar-refractivity contribution is 0.178. The van der Waals surface area contributed by atoms with Crippen molar-refractivity contribution in [3.63, 3.8) is 0 Å². The molecule has 0 saturated carbocycles. The van der Waals surface area contributed by atoms with Crippen LogP contribution in [0.3, 0.4) is 0 Å². The number of hydrogen-bond donors (Lipinski definition) is 1. The van der Waals surface area contributed by atoms with E-state index in [9.17, 15) is 0 Å². The topological polar surface area (TPSA) is 57.2 Å². The van der Waals surface area contributed by atoms with Gasteiger partial charge in [0.2, 0.25) is 5.95 Å². The Bertz CT molecular complexity index is 874. The number of nitrogens with zero attached hydrogens (tertiary/aromatic N) is 5. The molecule has 0 spiro atoms. The number of benzene rings is 1. The van der Waals surface area contributed by atoms with Crippen LogP contribution in [0.25, 0.3) is 22.0 Å². The van der Waals surface area contributed by atoms with Gasteiger partial charge in [0.05, 0.1) is 5.52 Å². The molecule has 3 heterocycles. The number of para-hydroxylation sites is 1. The van der Waals surface area contributed by atoms with E-state index in [1.165, 1.54) is 0 Å². The first-order chi connectivity index (χ1) is 12.2. The number of hydrazine groups is 1. The number of likely N-dealkylation sites (N-methyl/N-ethyl adjacent to an activating group) is 1. The van der Waals surface area contributed by atoms with Gasteiger partial charge in [0.25, 0.3) is 0 Å². The fourth-order valence-electron chi connectivity index (χ4n) is 2.94. The minimum atomic E-state index is 0.634. The Morgan fingerprint density at radius 1 is 1.00 bits per heavy atom. The second kappa shape index (κ2) is 7.03. The van der Waals surface area contributed by atoms with Crippen molar-refractivity contribution in [2.24, 2.45) is 0 Å². The summed E-state index contributed by atoms with van der Waals surface area (Å²) < 4.78 is 0.823. The van der Waals surface area contributed by atoms with Crippen molar-refractivity contribution < 1.29 is 0 Å². The highest BCUT2D eigenvalue weighted by atomic mass is 79.9. The van der Waals surface area contributed by atoms with Crippen molar-refractivity contribution in [2.75, 3.05) is 38.7 Å². The Morgan fingerprint density at radius 2 is 1.84 bits per heavy atom. The summed E-state index contributed by atoms with van der Waals surface area (Å²) in [6.07, 6.45) is 3.73. The average molecular weight is 399 g/mol. The Labute approximate surface area is 155 Å². The predicted molar refractivity (Wildman–Crippen MR) is 103 cm³/mol. The van der Waals surface area contributed by atoms with Gasteiger partial charge >= 0.3 is 0 Å². The maximum absolute atomic E-state index is 4.77. The van der Waals surface area contributed by atoms with Gasteiger partial charge in [-0.15, -0.1) is 0 Å². The van der Waals surface area contributed by atoms with Gasteiger partial charge in [0.1, 0.15) is 4.60 Å². The van der Waals surface area contributed by atoms with Crippen molar-refractivity contribution in [1.29, 1.82) is 0 Å². The minimum absolute atomic E-state index is 0.634. The monoisotopic (exact) mass is 398 g/mol. The summed E-state index contributed by atoms with van der Waals surface area (Å²) in [5.41, 5.74) is 6.37. The third kappa shape index (κ3) is 3.63. The summed E-state index contributed by atoms with van der Waals surface area (Å²) in [6.45, 7) is 3.99. The van der Waals surface area contributed by atoms with Crippen LogP contribution in [0.15, 0.2) is 47.3 Å². The summed E-state index contributed by atoms with van der Waals surface area (Å²) in [4.78, 5) is 15.9. The van der Waals surface area contributed by atoms with Gasteiger partial charge in [-0.1, -0.05) is 24.3 Å². The van der Waals surface area contributed by atoms with Crippen LogP contribution < -0.4 is 5.43 Å². The van der Waals surface area contributed by atoms with E-state index < -0.39 is 0 Å². The molecule has 1 aliphatic rings. The summed E-state index contributed by atoms with van der Waals surface area (Å²) in [6, 6.07) is 10.1. The Balaban J connectivity index is 1.67. The van der Waals surface area contributed by atoms with Crippen LogP contribution in [0.1, 0.15) is 0 Å². The van der Waals surface area contributed by atoms with Crippen molar-refractivity contribution in [3.8, 4) is 11.1 Å². The first kappa shape index (κ1) is 16.4. The Hall–Kier alpha value is -2.09. The van der Waals surface area contributed by atoms with Gasteiger partial charge in [0.15, 0.2) is 0 Å². The maximum Gasteiger partial charge on any atom is 0.238 e. The summed E-state index contributed by atoms with van der Waals surface area (Å²) in [5.74, 6) is 0.634. The van der Waals surface area contributed by atoms with Gasteiger partial charge in [0, 0.05) is 55.1 Å². The smallest absolute Gasteiger partial charge is 0.238 e. The summed E-state index contributed by atoms with van der Waals surface area (Å²) in [5, 5.41) is 3.19. The molecule has 6 nitrogen and oxygen atoms in total. The predicted octanol–water partition coefficient (Wildman–Crippen LogP) is 3.03. The van der Waals surface area contributed by atoms with E-state index in [4.69, 9.17) is 4.98 Å². The molecule has 1 saturated heterocycles. The van der Waals surface area contributed by atoms with Crippen LogP contribution in [0.5, 0.6) is 0 Å². The van der Waals surface area contributed by atoms with Gasteiger partial charge in [-0.3, -0.25) is 5.43 Å². The first-order valence-electron chi connectivity index (χ1n) is 8.27. The van der Waals surface area contributed by atoms with E-state index in [-0.39, 0.29) is 0 Å². The molecule has 0 atom stereocenters. The van der Waals surface area contributed by atoms with Gasteiger partial charge < -0.3 is 4.90 Å². The maximum atomic E-state index is 4.77. The van der Waals surface area contributed by atoms with Crippen molar-refractivity contribution in [3.05, 3.63) is 47.3 Å². The van der Waals surface area contributed by atoms with Crippen LogP contribution >= 0.6 is 15.9 Å². The van der Waals surface area contributed by atoms with Crippen LogP contribution in [0, 0.1) is 0 Å². The van der Waals surface area contributed by atoms with Crippen LogP contribution in [-0.4, -0.2) is 58.1 Å². The van der Waals surface area contributed by atoms with Crippen LogP contribution in [0.2, 0.25) is 0 Å². The molecular formula is C18H19BrN6. The zero-order valence-corrected chi connectivity index (χ0v) is 15.6. The Morgan fingerprint density at radius 3 is 2.60 bits per heavy atom. The second-order valence-electron chi connectivity index (χ2n) is 6.21. The molecule has 3 aromatic rings. The zero-order valence-electron chi connectivity index (χ0n) is 14.0. The molecule has 4 rings (SSSR count). The molecule has 1 aliphatic heterocycles. The number of nitrogens with one attached hydrogen (secondary N) is 1. The summed E-state index contributed by atoms with van der Waals surface area (Å²) in [7, 11) is 2.14. The molecule has 7 heteroatoms. The third-order valence-corrected chi connectivity index (χ3v) is 4.88. The number of rotatable bonds is 3. The number of piperazine rings is 1. The van der Waals surface area contributed by atoms with Crippen molar-refractivity contribution in [2.45, 2.75) is 0 Å². The standard InChI is InChI=1S/C18H19BrN6/c1-24-7-9-25(10-8-24)23-18-21-12-14-3-2-4-15(17(14)22-18)13-5-6-16(19)20-11-13/h2-6,11-12H,7-10H2,1H3,(H,21,22,23). The lowest BCUT2D eigenvalue weighted by atomic mass is 10.0. The van der Waals surface area contributed by atoms with Crippen LogP contribution in [-0.2, 0) is 0 Å². The minimum Gasteiger partial charge on any atom is -0.304 e. The zero-order chi connectivity index (χ0) is 17.2. The molecule has 0 radical (unpaired) electrons. The number of halogens is 1. The highest BCUT2D eigenvalue weighted by molar-refractivity contribution is 9.10. The quantitative estimate of drug-likeness (QED) is 0.684. The fourth-order valence-corrected chi connectivity index (χ4v) is 3.17. The number of pyridine rings is 1. The lowest BCUT2D eigenvalue weighted by Gasteiger charge is -2.32. The average Bonchev–Trinajstić information content (AvgIpc) is 2.64. The molecule has 0 unspecified atom stereocenters. The number of hydrogen-bond acceptors (Lipinski definition) is 6. The van der Waals surface area contributed by atoms with E-state index in [0.29, 0.717) is 5.95 Å². The third-order valence-electron chi connectivity index (χ3n) is 4.41. The van der Waals surface area contributed by atoms with E-state index in [0.717, 1.165) is 52.8 Å². The normalized spacial score (nSPS) is 16.2. The second-order valence-corrected chi connectivity index (χ2v) is 7.02. The molecule has 0 bridgehead atoms. The van der Waals surface area contributed by atoms with Crippen LogP contribution in [0.4, 0.5) is 5.95 Å². The molecule has 1 aromatic carbocycles. The van der Waals surface area contributed by atoms with Gasteiger partial charge in [-0.05, 0) is 29.0 Å². The number of anilines is 1. The van der Waals surface area contributed by atoms with E-state index in [2.05, 4.69) is 54.3 Å². The largest absolute Gasteiger partial charge is 0.304 e. The highest BCUT2D eigenvalue weighted by Crippen LogP contribution is 2.27. The lowest BCUT2D eigenvalue weighted by Crippen LogP contribution is -2.47. The molecule has 25 heavy (non-hydrogen) atoms. The van der Waals surface area contributed by atoms with E-state index in [1.807, 2.05) is 36.7 Å². The highest BCUT2D eigenvalue weighted by Gasteiger charge is 2.15. The van der Waals surface area contributed by atoms with Gasteiger partial charge in [-0.25, -0.2) is 20.0 Å². The van der Waals surface area contributed by atoms with E-state index >= 15 is 0 Å². The molecule has 128 valence electrons. The van der Waals surface area contributed by atoms with Crippen molar-refractivity contribution >= 4 is 32.8 Å². The number of aromatic nitrogens is 3. The fraction of sp³-hybridized carbons (Fsp3) is 0.278. The molecule has 2 aromatic heterocycles. The molecular weight excluding hydrogens is 380 g/mol. The SMILES string of the molecule is CN1CCN(Nc2ncc3cccc(-c4ccc(Br)nc4)c3n2)CC1. The molecule has 1 N–H and O–H groups in total.